The summed E-state index contributed by atoms with van der Waals surface area (Å²) in [6, 6.07) is 24.3. The Morgan fingerprint density at radius 3 is 2.28 bits per heavy atom. The topological polar surface area (TPSA) is 78.5 Å². The van der Waals surface area contributed by atoms with Gasteiger partial charge in [-0.25, -0.2) is 4.90 Å². The van der Waals surface area contributed by atoms with Crippen molar-refractivity contribution >= 4 is 80.4 Å². The molecule has 0 saturated heterocycles. The number of halogens is 3. The molecule has 0 atom stereocenters. The average Bonchev–Trinajstić information content (AvgIpc) is 3.09. The van der Waals surface area contributed by atoms with Gasteiger partial charge >= 0.3 is 0 Å². The molecule has 178 valence electrons. The van der Waals surface area contributed by atoms with Crippen molar-refractivity contribution < 1.29 is 14.4 Å². The number of nitrogens with one attached hydrogen (secondary N) is 2. The molecule has 1 aliphatic heterocycles. The lowest BCUT2D eigenvalue weighted by Crippen LogP contribution is -2.32. The smallest absolute Gasteiger partial charge is 0.283 e. The van der Waals surface area contributed by atoms with Gasteiger partial charge < -0.3 is 10.6 Å². The summed E-state index contributed by atoms with van der Waals surface area (Å²) in [5, 5.41) is 7.95. The van der Waals surface area contributed by atoms with Crippen molar-refractivity contribution in [3.63, 3.8) is 0 Å². The maximum Gasteiger partial charge on any atom is 0.283 e. The zero-order chi connectivity index (χ0) is 25.4. The van der Waals surface area contributed by atoms with Gasteiger partial charge in [-0.3, -0.25) is 14.4 Å². The summed E-state index contributed by atoms with van der Waals surface area (Å²) in [5.41, 5.74) is 1.60. The van der Waals surface area contributed by atoms with E-state index < -0.39 is 11.8 Å². The molecule has 1 aliphatic rings. The normalized spacial score (nSPS) is 13.5. The van der Waals surface area contributed by atoms with Gasteiger partial charge in [-0.1, -0.05) is 71.2 Å². The van der Waals surface area contributed by atoms with E-state index in [1.54, 1.807) is 30.3 Å². The highest BCUT2D eigenvalue weighted by Crippen LogP contribution is 2.36. The SMILES string of the molecule is O=C(Nc1cccc2ccccc12)c1ccc(NC2=C(Cl)C(=O)N(c3cc(Cl)ccc3Cl)C2=O)cc1. The van der Waals surface area contributed by atoms with Crippen LogP contribution in [0.3, 0.4) is 0 Å². The Morgan fingerprint density at radius 2 is 1.50 bits per heavy atom. The Labute approximate surface area is 221 Å². The quantitative estimate of drug-likeness (QED) is 0.274. The minimum Gasteiger partial charge on any atom is -0.350 e. The fourth-order valence-electron chi connectivity index (χ4n) is 3.87. The lowest BCUT2D eigenvalue weighted by molar-refractivity contribution is -0.120. The molecule has 2 N–H and O–H groups in total. The molecule has 0 saturated carbocycles. The number of carbonyl (C=O) groups is 3. The number of nitrogens with zero attached hydrogens (tertiary/aromatic N) is 1. The molecule has 0 fully saturated rings. The average molecular weight is 537 g/mol. The van der Waals surface area contributed by atoms with Crippen LogP contribution in [0, 0.1) is 0 Å². The largest absolute Gasteiger partial charge is 0.350 e. The van der Waals surface area contributed by atoms with Gasteiger partial charge in [-0.15, -0.1) is 0 Å². The minimum atomic E-state index is -0.723. The van der Waals surface area contributed by atoms with Crippen LogP contribution in [0.4, 0.5) is 17.1 Å². The standard InChI is InChI=1S/C27H16Cl3N3O3/c28-17-10-13-20(29)22(14-17)33-26(35)23(30)24(27(33)36)31-18-11-8-16(9-12-18)25(34)32-21-7-3-5-15-4-1-2-6-19(15)21/h1-14,31H,(H,32,34). The molecule has 0 bridgehead atoms. The van der Waals surface area contributed by atoms with Gasteiger partial charge in [-0.2, -0.15) is 0 Å². The summed E-state index contributed by atoms with van der Waals surface area (Å²) < 4.78 is 0. The molecule has 3 amide bonds. The van der Waals surface area contributed by atoms with Gasteiger partial charge in [0.1, 0.15) is 10.7 Å². The maximum atomic E-state index is 13.0. The Morgan fingerprint density at radius 1 is 0.778 bits per heavy atom. The summed E-state index contributed by atoms with van der Waals surface area (Å²) in [7, 11) is 0. The fraction of sp³-hybridized carbons (Fsp3) is 0. The first-order valence-electron chi connectivity index (χ1n) is 10.7. The molecule has 4 aromatic rings. The number of amides is 3. The zero-order valence-electron chi connectivity index (χ0n) is 18.4. The van der Waals surface area contributed by atoms with Crippen LogP contribution in [0.5, 0.6) is 0 Å². The lowest BCUT2D eigenvalue weighted by Gasteiger charge is -2.17. The van der Waals surface area contributed by atoms with Gasteiger partial charge in [0.15, 0.2) is 0 Å². The molecule has 36 heavy (non-hydrogen) atoms. The van der Waals surface area contributed by atoms with Crippen molar-refractivity contribution in [2.45, 2.75) is 0 Å². The number of rotatable bonds is 5. The van der Waals surface area contributed by atoms with Crippen molar-refractivity contribution in [2.24, 2.45) is 0 Å². The van der Waals surface area contributed by atoms with E-state index in [2.05, 4.69) is 10.6 Å². The van der Waals surface area contributed by atoms with Gasteiger partial charge in [0, 0.05) is 27.3 Å². The molecule has 0 aromatic heterocycles. The molecule has 0 unspecified atom stereocenters. The van der Waals surface area contributed by atoms with Crippen LogP contribution >= 0.6 is 34.8 Å². The molecular formula is C27H16Cl3N3O3. The van der Waals surface area contributed by atoms with E-state index in [0.29, 0.717) is 22.0 Å². The van der Waals surface area contributed by atoms with Crippen LogP contribution in [0.2, 0.25) is 10.0 Å². The highest BCUT2D eigenvalue weighted by molar-refractivity contribution is 6.54. The van der Waals surface area contributed by atoms with E-state index in [9.17, 15) is 14.4 Å². The second-order valence-corrected chi connectivity index (χ2v) is 9.14. The molecule has 5 rings (SSSR count). The van der Waals surface area contributed by atoms with E-state index in [0.717, 1.165) is 15.7 Å². The van der Waals surface area contributed by atoms with Gasteiger partial charge in [0.25, 0.3) is 17.7 Å². The summed E-state index contributed by atoms with van der Waals surface area (Å²) in [6.07, 6.45) is 0. The van der Waals surface area contributed by atoms with Gasteiger partial charge in [0.2, 0.25) is 0 Å². The number of imide groups is 1. The molecule has 6 nitrogen and oxygen atoms in total. The highest BCUT2D eigenvalue weighted by atomic mass is 35.5. The first-order chi connectivity index (χ1) is 17.3. The number of fused-ring (bicyclic) bond motifs is 1. The Balaban J connectivity index is 1.33. The third kappa shape index (κ3) is 4.42. The third-order valence-electron chi connectivity index (χ3n) is 5.63. The van der Waals surface area contributed by atoms with Gasteiger partial charge in [-0.05, 0) is 53.9 Å². The number of hydrogen-bond acceptors (Lipinski definition) is 4. The lowest BCUT2D eigenvalue weighted by atomic mass is 10.1. The van der Waals surface area contributed by atoms with Crippen LogP contribution in [-0.2, 0) is 9.59 Å². The number of carbonyl (C=O) groups excluding carboxylic acids is 3. The highest BCUT2D eigenvalue weighted by Gasteiger charge is 2.40. The van der Waals surface area contributed by atoms with E-state index in [1.807, 2.05) is 42.5 Å². The monoisotopic (exact) mass is 535 g/mol. The van der Waals surface area contributed by atoms with E-state index >= 15 is 0 Å². The summed E-state index contributed by atoms with van der Waals surface area (Å²) in [4.78, 5) is 39.4. The Bertz CT molecular complexity index is 1580. The Hall–Kier alpha value is -3.84. The van der Waals surface area contributed by atoms with Crippen LogP contribution < -0.4 is 15.5 Å². The van der Waals surface area contributed by atoms with Crippen molar-refractivity contribution in [1.29, 1.82) is 0 Å². The van der Waals surface area contributed by atoms with Crippen LogP contribution in [-0.4, -0.2) is 17.7 Å². The predicted molar refractivity (Wildman–Crippen MR) is 144 cm³/mol. The predicted octanol–water partition coefficient (Wildman–Crippen LogP) is 6.83. The third-order valence-corrected chi connectivity index (χ3v) is 6.54. The molecule has 9 heteroatoms. The second kappa shape index (κ2) is 9.66. The maximum absolute atomic E-state index is 13.0. The van der Waals surface area contributed by atoms with Crippen molar-refractivity contribution in [3.05, 3.63) is 111 Å². The van der Waals surface area contributed by atoms with Crippen molar-refractivity contribution in [2.75, 3.05) is 15.5 Å². The molecule has 0 aliphatic carbocycles. The van der Waals surface area contributed by atoms with Crippen LogP contribution in [0.1, 0.15) is 10.4 Å². The first-order valence-corrected chi connectivity index (χ1v) is 11.9. The molecule has 4 aromatic carbocycles. The first kappa shape index (κ1) is 23.9. The Kier molecular flexibility index (Phi) is 6.41. The van der Waals surface area contributed by atoms with E-state index in [-0.39, 0.29) is 27.3 Å². The molecule has 0 spiro atoms. The van der Waals surface area contributed by atoms with E-state index in [4.69, 9.17) is 34.8 Å². The number of benzene rings is 4. The number of hydrogen-bond donors (Lipinski definition) is 2. The van der Waals surface area contributed by atoms with Crippen molar-refractivity contribution in [1.82, 2.24) is 0 Å². The fourth-order valence-corrected chi connectivity index (χ4v) is 4.45. The minimum absolute atomic E-state index is 0.106. The molecule has 1 heterocycles. The van der Waals surface area contributed by atoms with Gasteiger partial charge in [0.05, 0.1) is 10.7 Å². The summed E-state index contributed by atoms with van der Waals surface area (Å²) in [5.74, 6) is -1.68. The van der Waals surface area contributed by atoms with Crippen LogP contribution in [0.15, 0.2) is 95.7 Å². The van der Waals surface area contributed by atoms with Crippen molar-refractivity contribution in [3.8, 4) is 0 Å². The van der Waals surface area contributed by atoms with E-state index in [1.165, 1.54) is 12.1 Å². The number of anilines is 3. The second-order valence-electron chi connectivity index (χ2n) is 7.91. The molecular weight excluding hydrogens is 521 g/mol. The molecule has 0 radical (unpaired) electrons. The summed E-state index contributed by atoms with van der Waals surface area (Å²) in [6.45, 7) is 0. The van der Waals surface area contributed by atoms with Crippen LogP contribution in [0.25, 0.3) is 10.8 Å². The zero-order valence-corrected chi connectivity index (χ0v) is 20.7. The summed E-state index contributed by atoms with van der Waals surface area (Å²) >= 11 is 18.4.